The molecule has 50 valence electrons. The molecule has 0 bridgehead atoms. The van der Waals surface area contributed by atoms with Gasteiger partial charge < -0.3 is 0 Å². The van der Waals surface area contributed by atoms with Crippen molar-refractivity contribution >= 4 is 25.3 Å². The topological polar surface area (TPSA) is 0 Å². The number of hydrogen-bond acceptors (Lipinski definition) is 0. The summed E-state index contributed by atoms with van der Waals surface area (Å²) >= 11 is -0.351. The fourth-order valence-electron chi connectivity index (χ4n) is 0.740. The van der Waals surface area contributed by atoms with Gasteiger partial charge in [0, 0.05) is 0 Å². The number of alkyl halides is 2. The van der Waals surface area contributed by atoms with E-state index in [0.29, 0.717) is 0 Å². The number of halogens is 1. The molecule has 0 rings (SSSR count). The van der Waals surface area contributed by atoms with E-state index in [9.17, 15) is 0 Å². The Bertz CT molecular complexity index is 41.8. The van der Waals surface area contributed by atoms with Crippen LogP contribution in [0.5, 0.6) is 0 Å². The second-order valence-electron chi connectivity index (χ2n) is 2.10. The molecule has 0 nitrogen and oxygen atoms in total. The van der Waals surface area contributed by atoms with Gasteiger partial charge in [-0.1, -0.05) is 0 Å². The molecule has 0 saturated carbocycles. The Morgan fingerprint density at radius 1 is 1.12 bits per heavy atom. The second-order valence-corrected chi connectivity index (χ2v) is 8.39. The molecule has 2 heteroatoms. The van der Waals surface area contributed by atoms with Crippen molar-refractivity contribution in [1.29, 1.82) is 0 Å². The van der Waals surface area contributed by atoms with Gasteiger partial charge in [-0.05, 0) is 0 Å². The Morgan fingerprint density at radius 2 is 1.50 bits per heavy atom. The molecular formula is C6H16BI. The van der Waals surface area contributed by atoms with Crippen LogP contribution in [0.2, 0.25) is 0 Å². The SMILES string of the molecule is BI(CCC)CCC. The molecule has 0 N–H and O–H groups in total. The quantitative estimate of drug-likeness (QED) is 0.390. The van der Waals surface area contributed by atoms with Crippen LogP contribution in [0.25, 0.3) is 0 Å². The summed E-state index contributed by atoms with van der Waals surface area (Å²) in [6, 6.07) is 0. The summed E-state index contributed by atoms with van der Waals surface area (Å²) in [6.07, 6.45) is 2.84. The molecule has 0 aromatic carbocycles. The fourth-order valence-corrected chi connectivity index (χ4v) is 4.96. The van der Waals surface area contributed by atoms with Crippen molar-refractivity contribution in [3.8, 4) is 0 Å². The van der Waals surface area contributed by atoms with Crippen LogP contribution in [0.3, 0.4) is 0 Å². The Kier molecular flexibility index (Phi) is 6.51. The zero-order valence-corrected chi connectivity index (χ0v) is 8.36. The maximum atomic E-state index is 2.50. The summed E-state index contributed by atoms with van der Waals surface area (Å²) in [7, 11) is 0. The predicted octanol–water partition coefficient (Wildman–Crippen LogP) is 1.86. The monoisotopic (exact) mass is 226 g/mol. The third kappa shape index (κ3) is 4.94. The van der Waals surface area contributed by atoms with Crippen LogP contribution >= 0.6 is 19.6 Å². The van der Waals surface area contributed by atoms with E-state index in [2.05, 4.69) is 19.6 Å². The van der Waals surface area contributed by atoms with Crippen LogP contribution in [-0.2, 0) is 0 Å². The van der Waals surface area contributed by atoms with Gasteiger partial charge in [0.25, 0.3) is 0 Å². The molecule has 0 amide bonds. The van der Waals surface area contributed by atoms with Crippen molar-refractivity contribution in [1.82, 2.24) is 0 Å². The summed E-state index contributed by atoms with van der Waals surface area (Å²) < 4.78 is 3.13. The van der Waals surface area contributed by atoms with E-state index in [-0.39, 0.29) is 19.6 Å². The summed E-state index contributed by atoms with van der Waals surface area (Å²) in [5.41, 5.74) is 2.50. The zero-order chi connectivity index (χ0) is 6.41. The van der Waals surface area contributed by atoms with E-state index in [1.165, 1.54) is 12.8 Å². The molecule has 0 spiro atoms. The first-order valence-corrected chi connectivity index (χ1v) is 8.54. The molecule has 0 atom stereocenters. The van der Waals surface area contributed by atoms with E-state index in [1.807, 2.05) is 0 Å². The third-order valence-corrected chi connectivity index (χ3v) is 6.86. The van der Waals surface area contributed by atoms with Crippen molar-refractivity contribution in [3.63, 3.8) is 0 Å². The molecule has 0 aliphatic heterocycles. The summed E-state index contributed by atoms with van der Waals surface area (Å²) in [5, 5.41) is 0. The maximum absolute atomic E-state index is 2.50. The third-order valence-electron chi connectivity index (χ3n) is 1.02. The average molecular weight is 226 g/mol. The Labute approximate surface area is 61.0 Å². The first-order valence-electron chi connectivity index (χ1n) is 3.33. The molecule has 0 unspecified atom stereocenters. The Hall–Kier alpha value is 0.795. The van der Waals surface area contributed by atoms with E-state index < -0.39 is 0 Å². The van der Waals surface area contributed by atoms with Gasteiger partial charge in [-0.15, -0.1) is 0 Å². The number of hydrogen-bond donors (Lipinski definition) is 0. The van der Waals surface area contributed by atoms with Crippen molar-refractivity contribution in [2.75, 3.05) is 8.86 Å². The molecule has 0 aromatic heterocycles. The summed E-state index contributed by atoms with van der Waals surface area (Å²) in [6.45, 7) is 4.59. The standard InChI is InChI=1S/C6H16BI/c1-3-5-8(7)6-4-2/h3-7H2,1-2H3. The molecular weight excluding hydrogens is 210 g/mol. The van der Waals surface area contributed by atoms with Crippen LogP contribution in [0.15, 0.2) is 0 Å². The average Bonchev–Trinajstić information content (AvgIpc) is 1.68. The van der Waals surface area contributed by atoms with Crippen molar-refractivity contribution in [2.24, 2.45) is 0 Å². The molecule has 8 heavy (non-hydrogen) atoms. The molecule has 0 saturated heterocycles. The molecule has 0 heterocycles. The van der Waals surface area contributed by atoms with Crippen LogP contribution < -0.4 is 0 Å². The second kappa shape index (κ2) is 5.92. The normalized spacial score (nSPS) is 11.5. The first-order chi connectivity index (χ1) is 3.81. The van der Waals surface area contributed by atoms with E-state index in [0.717, 1.165) is 0 Å². The van der Waals surface area contributed by atoms with Crippen molar-refractivity contribution in [3.05, 3.63) is 0 Å². The summed E-state index contributed by atoms with van der Waals surface area (Å²) in [4.78, 5) is 0. The first kappa shape index (κ1) is 8.79. The van der Waals surface area contributed by atoms with Gasteiger partial charge in [-0.25, -0.2) is 0 Å². The van der Waals surface area contributed by atoms with Gasteiger partial charge in [0.1, 0.15) is 0 Å². The van der Waals surface area contributed by atoms with E-state index >= 15 is 0 Å². The summed E-state index contributed by atoms with van der Waals surface area (Å²) in [5.74, 6) is 0. The molecule has 0 aromatic rings. The number of rotatable bonds is 4. The van der Waals surface area contributed by atoms with Crippen LogP contribution in [0.4, 0.5) is 0 Å². The predicted molar refractivity (Wildman–Crippen MR) is 52.9 cm³/mol. The van der Waals surface area contributed by atoms with Gasteiger partial charge in [0.05, 0.1) is 0 Å². The zero-order valence-electron chi connectivity index (χ0n) is 6.21. The van der Waals surface area contributed by atoms with Crippen LogP contribution in [0, 0.1) is 0 Å². The van der Waals surface area contributed by atoms with Crippen molar-refractivity contribution < 1.29 is 0 Å². The minimum absolute atomic E-state index is 0.351. The van der Waals surface area contributed by atoms with Gasteiger partial charge in [-0.3, -0.25) is 0 Å². The molecule has 0 radical (unpaired) electrons. The van der Waals surface area contributed by atoms with Crippen LogP contribution in [-0.4, -0.2) is 14.6 Å². The molecule has 0 aliphatic carbocycles. The van der Waals surface area contributed by atoms with Gasteiger partial charge in [0.2, 0.25) is 0 Å². The van der Waals surface area contributed by atoms with Crippen molar-refractivity contribution in [2.45, 2.75) is 26.7 Å². The fraction of sp³-hybridized carbons (Fsp3) is 1.00. The molecule has 0 fully saturated rings. The van der Waals surface area contributed by atoms with Gasteiger partial charge >= 0.3 is 60.8 Å². The van der Waals surface area contributed by atoms with Gasteiger partial charge in [-0.2, -0.15) is 0 Å². The Balaban J connectivity index is 2.92. The Morgan fingerprint density at radius 3 is 1.75 bits per heavy atom. The molecule has 0 aliphatic rings. The van der Waals surface area contributed by atoms with Gasteiger partial charge in [0.15, 0.2) is 0 Å². The van der Waals surface area contributed by atoms with E-state index in [4.69, 9.17) is 0 Å². The van der Waals surface area contributed by atoms with Crippen LogP contribution in [0.1, 0.15) is 26.7 Å². The minimum atomic E-state index is -0.351. The van der Waals surface area contributed by atoms with E-state index in [1.54, 1.807) is 8.86 Å².